The van der Waals surface area contributed by atoms with E-state index in [1.54, 1.807) is 11.3 Å². The summed E-state index contributed by atoms with van der Waals surface area (Å²) >= 11 is 1.67. The van der Waals surface area contributed by atoms with E-state index in [1.807, 2.05) is 19.1 Å². The lowest BCUT2D eigenvalue weighted by molar-refractivity contribution is -0.131. The molecule has 0 spiro atoms. The third-order valence-corrected chi connectivity index (χ3v) is 6.41. The molecule has 1 fully saturated rings. The summed E-state index contributed by atoms with van der Waals surface area (Å²) < 4.78 is 4.98. The maximum atomic E-state index is 12.3. The second-order valence-electron chi connectivity index (χ2n) is 7.67. The molecule has 2 heterocycles. The van der Waals surface area contributed by atoms with Crippen LogP contribution in [0.4, 0.5) is 0 Å². The van der Waals surface area contributed by atoms with Gasteiger partial charge in [0.1, 0.15) is 6.61 Å². The van der Waals surface area contributed by atoms with Crippen molar-refractivity contribution >= 4 is 17.2 Å². The summed E-state index contributed by atoms with van der Waals surface area (Å²) in [6.07, 6.45) is 2.68. The topological polar surface area (TPSA) is 61.8 Å². The first kappa shape index (κ1) is 21.0. The van der Waals surface area contributed by atoms with Crippen molar-refractivity contribution in [3.05, 3.63) is 58.3 Å². The molecule has 152 valence electrons. The van der Waals surface area contributed by atoms with Gasteiger partial charge in [-0.2, -0.15) is 0 Å². The van der Waals surface area contributed by atoms with Gasteiger partial charge in [-0.25, -0.2) is 0 Å². The molecular formula is C22H30N2O3S. The van der Waals surface area contributed by atoms with Crippen LogP contribution in [0.2, 0.25) is 0 Å². The van der Waals surface area contributed by atoms with Crippen LogP contribution in [-0.4, -0.2) is 54.4 Å². The summed E-state index contributed by atoms with van der Waals surface area (Å²) in [6.45, 7) is 3.55. The van der Waals surface area contributed by atoms with E-state index < -0.39 is 5.60 Å². The zero-order chi connectivity index (χ0) is 20.0. The predicted molar refractivity (Wildman–Crippen MR) is 112 cm³/mol. The number of aryl methyl sites for hydroxylation is 1. The van der Waals surface area contributed by atoms with Crippen molar-refractivity contribution in [2.45, 2.75) is 43.9 Å². The smallest absolute Gasteiger partial charge is 0.246 e. The summed E-state index contributed by atoms with van der Waals surface area (Å²) in [5.41, 5.74) is 0.373. The first-order chi connectivity index (χ1) is 13.5. The van der Waals surface area contributed by atoms with Gasteiger partial charge in [0.15, 0.2) is 0 Å². The minimum atomic E-state index is -0.964. The number of amides is 1. The fourth-order valence-corrected chi connectivity index (χ4v) is 4.88. The van der Waals surface area contributed by atoms with Gasteiger partial charge < -0.3 is 15.2 Å². The highest BCUT2D eigenvalue weighted by Crippen LogP contribution is 2.38. The fraction of sp³-hybridized carbons (Fsp3) is 0.500. The number of aliphatic hydroxyl groups is 1. The molecule has 0 radical (unpaired) electrons. The first-order valence-corrected chi connectivity index (χ1v) is 10.7. The molecule has 0 saturated carbocycles. The minimum Gasteiger partial charge on any atom is -0.388 e. The number of carbonyl (C=O) groups is 1. The lowest BCUT2D eigenvalue weighted by atomic mass is 9.81. The Balaban J connectivity index is 1.75. The van der Waals surface area contributed by atoms with Crippen molar-refractivity contribution in [2.24, 2.45) is 0 Å². The number of hydrogen-bond donors (Lipinski definition) is 2. The summed E-state index contributed by atoms with van der Waals surface area (Å²) in [4.78, 5) is 15.8. The summed E-state index contributed by atoms with van der Waals surface area (Å²) in [7, 11) is 1.51. The highest BCUT2D eigenvalue weighted by molar-refractivity contribution is 7.10. The van der Waals surface area contributed by atoms with Crippen molar-refractivity contribution in [2.75, 3.05) is 26.8 Å². The van der Waals surface area contributed by atoms with Gasteiger partial charge in [-0.15, -0.1) is 11.3 Å². The summed E-state index contributed by atoms with van der Waals surface area (Å²) in [5, 5.41) is 16.2. The van der Waals surface area contributed by atoms with E-state index >= 15 is 0 Å². The first-order valence-electron chi connectivity index (χ1n) is 9.83. The largest absolute Gasteiger partial charge is 0.388 e. The maximum absolute atomic E-state index is 12.3. The average Bonchev–Trinajstić information content (AvgIpc) is 3.20. The van der Waals surface area contributed by atoms with E-state index in [-0.39, 0.29) is 24.6 Å². The van der Waals surface area contributed by atoms with Gasteiger partial charge in [0.2, 0.25) is 5.91 Å². The van der Waals surface area contributed by atoms with E-state index in [4.69, 9.17) is 4.74 Å². The Morgan fingerprint density at radius 1 is 1.32 bits per heavy atom. The van der Waals surface area contributed by atoms with Crippen molar-refractivity contribution in [1.29, 1.82) is 0 Å². The molecule has 3 rings (SSSR count). The third kappa shape index (κ3) is 5.20. The molecule has 0 unspecified atom stereocenters. The fourth-order valence-electron chi connectivity index (χ4n) is 3.98. The number of methoxy groups -OCH3 is 1. The van der Waals surface area contributed by atoms with Crippen LogP contribution in [0.15, 0.2) is 47.8 Å². The van der Waals surface area contributed by atoms with Gasteiger partial charge in [0.25, 0.3) is 0 Å². The highest BCUT2D eigenvalue weighted by atomic mass is 32.1. The van der Waals surface area contributed by atoms with Gasteiger partial charge in [0.05, 0.1) is 17.7 Å². The quantitative estimate of drug-likeness (QED) is 0.713. The maximum Gasteiger partial charge on any atom is 0.246 e. The molecule has 5 nitrogen and oxygen atoms in total. The average molecular weight is 403 g/mol. The minimum absolute atomic E-state index is 0.00223. The molecule has 2 aromatic rings. The number of likely N-dealkylation sites (tertiary alicyclic amines) is 1. The molecule has 28 heavy (non-hydrogen) atoms. The van der Waals surface area contributed by atoms with E-state index in [1.165, 1.54) is 17.6 Å². The molecule has 0 aliphatic carbocycles. The second-order valence-corrected chi connectivity index (χ2v) is 8.65. The number of ether oxygens (including phenoxy) is 1. The Bertz CT molecular complexity index is 734. The van der Waals surface area contributed by atoms with Crippen molar-refractivity contribution < 1.29 is 14.6 Å². The van der Waals surface area contributed by atoms with E-state index in [9.17, 15) is 9.90 Å². The molecule has 1 aliphatic rings. The molecule has 0 bridgehead atoms. The lowest BCUT2D eigenvalue weighted by Gasteiger charge is -2.48. The predicted octanol–water partition coefficient (Wildman–Crippen LogP) is 3.01. The molecule has 6 heteroatoms. The standard InChI is InChI=1S/C22H30N2O3S/c1-22(26)12-14-24(13-6-10-17-8-4-3-5-9-17)20(18-11-7-15-28-18)21(22)23-19(25)16-27-2/h3-5,7-9,11,15,20-21,26H,6,10,12-14,16H2,1-2H3,(H,23,25)/t20-,21-,22+/m0/s1. The number of benzene rings is 1. The number of rotatable bonds is 8. The highest BCUT2D eigenvalue weighted by Gasteiger charge is 2.46. The number of thiophene rings is 1. The molecule has 1 aromatic heterocycles. The Morgan fingerprint density at radius 2 is 2.11 bits per heavy atom. The molecule has 1 amide bonds. The van der Waals surface area contributed by atoms with Crippen LogP contribution in [-0.2, 0) is 16.0 Å². The van der Waals surface area contributed by atoms with Gasteiger partial charge >= 0.3 is 0 Å². The molecule has 1 saturated heterocycles. The summed E-state index contributed by atoms with van der Waals surface area (Å²) in [6, 6.07) is 14.2. The normalized spacial score (nSPS) is 25.5. The van der Waals surface area contributed by atoms with Crippen LogP contribution in [0.5, 0.6) is 0 Å². The van der Waals surface area contributed by atoms with Crippen LogP contribution in [0.25, 0.3) is 0 Å². The molecule has 1 aliphatic heterocycles. The van der Waals surface area contributed by atoms with Gasteiger partial charge in [-0.1, -0.05) is 36.4 Å². The Labute approximate surface area is 171 Å². The zero-order valence-electron chi connectivity index (χ0n) is 16.6. The number of carbonyl (C=O) groups excluding carboxylic acids is 1. The molecule has 1 aromatic carbocycles. The molecule has 3 atom stereocenters. The van der Waals surface area contributed by atoms with Crippen LogP contribution < -0.4 is 5.32 Å². The van der Waals surface area contributed by atoms with Gasteiger partial charge in [-0.3, -0.25) is 9.69 Å². The van der Waals surface area contributed by atoms with Crippen molar-refractivity contribution in [3.8, 4) is 0 Å². The molecular weight excluding hydrogens is 372 g/mol. The third-order valence-electron chi connectivity index (χ3n) is 5.46. The van der Waals surface area contributed by atoms with E-state index in [2.05, 4.69) is 45.9 Å². The SMILES string of the molecule is COCC(=O)N[C@H]1[C@H](c2cccs2)N(CCCc2ccccc2)CC[C@@]1(C)O. The lowest BCUT2D eigenvalue weighted by Crippen LogP contribution is -2.62. The number of nitrogens with zero attached hydrogens (tertiary/aromatic N) is 1. The second kappa shape index (κ2) is 9.65. The number of nitrogens with one attached hydrogen (secondary N) is 1. The molecule has 2 N–H and O–H groups in total. The Hall–Kier alpha value is -1.73. The van der Waals surface area contributed by atoms with Crippen molar-refractivity contribution in [1.82, 2.24) is 10.2 Å². The Morgan fingerprint density at radius 3 is 2.79 bits per heavy atom. The van der Waals surface area contributed by atoms with E-state index in [0.29, 0.717) is 6.42 Å². The summed E-state index contributed by atoms with van der Waals surface area (Å²) in [5.74, 6) is -0.194. The van der Waals surface area contributed by atoms with Gasteiger partial charge in [-0.05, 0) is 49.7 Å². The van der Waals surface area contributed by atoms with Crippen LogP contribution >= 0.6 is 11.3 Å². The van der Waals surface area contributed by atoms with Gasteiger partial charge in [0, 0.05) is 18.5 Å². The number of piperidine rings is 1. The number of hydrogen-bond acceptors (Lipinski definition) is 5. The van der Waals surface area contributed by atoms with E-state index in [0.717, 1.165) is 25.9 Å². The van der Waals surface area contributed by atoms with Crippen LogP contribution in [0.3, 0.4) is 0 Å². The van der Waals surface area contributed by atoms with Crippen molar-refractivity contribution in [3.63, 3.8) is 0 Å². The van der Waals surface area contributed by atoms with Crippen LogP contribution in [0, 0.1) is 0 Å². The van der Waals surface area contributed by atoms with Crippen LogP contribution in [0.1, 0.15) is 36.2 Å². The zero-order valence-corrected chi connectivity index (χ0v) is 17.5. The monoisotopic (exact) mass is 402 g/mol. The Kier molecular flexibility index (Phi) is 7.24.